The Hall–Kier alpha value is -1.10. The average Bonchev–Trinajstić information content (AvgIpc) is 2.83. The van der Waals surface area contributed by atoms with E-state index in [1.165, 1.54) is 0 Å². The Morgan fingerprint density at radius 1 is 1.42 bits per heavy atom. The maximum absolute atomic E-state index is 12.5. The molecule has 5 nitrogen and oxygen atoms in total. The smallest absolute Gasteiger partial charge is 0.248 e. The number of ether oxygens (including phenoxy) is 1. The van der Waals surface area contributed by atoms with E-state index in [0.29, 0.717) is 13.0 Å². The number of carbonyl (C=O) groups excluding carboxylic acids is 2. The Morgan fingerprint density at radius 3 is 2.74 bits per heavy atom. The van der Waals surface area contributed by atoms with Crippen LogP contribution in [0.25, 0.3) is 0 Å². The van der Waals surface area contributed by atoms with E-state index < -0.39 is 5.54 Å². The zero-order chi connectivity index (χ0) is 14.0. The summed E-state index contributed by atoms with van der Waals surface area (Å²) >= 11 is 0. The van der Waals surface area contributed by atoms with Crippen LogP contribution in [-0.4, -0.2) is 47.6 Å². The van der Waals surface area contributed by atoms with E-state index in [1.54, 1.807) is 18.7 Å². The molecule has 19 heavy (non-hydrogen) atoms. The third-order valence-corrected chi connectivity index (χ3v) is 3.90. The summed E-state index contributed by atoms with van der Waals surface area (Å²) in [6.45, 7) is 6.86. The molecule has 2 aliphatic rings. The van der Waals surface area contributed by atoms with Crippen LogP contribution in [0.4, 0.5) is 0 Å². The quantitative estimate of drug-likeness (QED) is 0.829. The summed E-state index contributed by atoms with van der Waals surface area (Å²) in [6, 6.07) is -0.338. The van der Waals surface area contributed by atoms with Crippen LogP contribution in [0.1, 0.15) is 46.5 Å². The van der Waals surface area contributed by atoms with E-state index in [1.807, 2.05) is 6.92 Å². The molecule has 0 aliphatic carbocycles. The van der Waals surface area contributed by atoms with Gasteiger partial charge in [0.1, 0.15) is 11.6 Å². The third kappa shape index (κ3) is 2.91. The third-order valence-electron chi connectivity index (χ3n) is 3.90. The van der Waals surface area contributed by atoms with Gasteiger partial charge in [-0.3, -0.25) is 9.59 Å². The van der Waals surface area contributed by atoms with Crippen molar-refractivity contribution in [3.63, 3.8) is 0 Å². The highest BCUT2D eigenvalue weighted by Crippen LogP contribution is 2.23. The van der Waals surface area contributed by atoms with Crippen molar-refractivity contribution < 1.29 is 14.3 Å². The zero-order valence-corrected chi connectivity index (χ0v) is 12.1. The van der Waals surface area contributed by atoms with Crippen molar-refractivity contribution in [3.05, 3.63) is 0 Å². The molecule has 2 amide bonds. The highest BCUT2D eigenvalue weighted by Gasteiger charge is 2.45. The second kappa shape index (κ2) is 5.49. The maximum atomic E-state index is 12.5. The number of amides is 2. The summed E-state index contributed by atoms with van der Waals surface area (Å²) in [5, 5.41) is 2.82. The van der Waals surface area contributed by atoms with Crippen LogP contribution in [0.5, 0.6) is 0 Å². The van der Waals surface area contributed by atoms with E-state index >= 15 is 0 Å². The molecular formula is C14H24N2O3. The van der Waals surface area contributed by atoms with Crippen LogP contribution in [0.2, 0.25) is 0 Å². The fourth-order valence-corrected chi connectivity index (χ4v) is 2.87. The molecule has 2 unspecified atom stereocenters. The SMILES string of the molecule is CCCC1C(=O)NC(C)(C)C(=O)N1CC1CCCO1. The van der Waals surface area contributed by atoms with Gasteiger partial charge in [0.25, 0.3) is 0 Å². The molecule has 108 valence electrons. The Labute approximate surface area is 114 Å². The first-order valence-electron chi connectivity index (χ1n) is 7.20. The first kappa shape index (κ1) is 14.3. The summed E-state index contributed by atoms with van der Waals surface area (Å²) in [4.78, 5) is 26.4. The molecule has 2 heterocycles. The van der Waals surface area contributed by atoms with Crippen LogP contribution < -0.4 is 5.32 Å². The molecule has 2 fully saturated rings. The van der Waals surface area contributed by atoms with Gasteiger partial charge in [0.15, 0.2) is 0 Å². The predicted molar refractivity (Wildman–Crippen MR) is 71.6 cm³/mol. The molecule has 0 radical (unpaired) electrons. The van der Waals surface area contributed by atoms with Crippen molar-refractivity contribution in [2.75, 3.05) is 13.2 Å². The van der Waals surface area contributed by atoms with Crippen molar-refractivity contribution in [1.29, 1.82) is 0 Å². The first-order chi connectivity index (χ1) is 8.95. The van der Waals surface area contributed by atoms with Crippen molar-refractivity contribution in [3.8, 4) is 0 Å². The Kier molecular flexibility index (Phi) is 4.13. The average molecular weight is 268 g/mol. The maximum Gasteiger partial charge on any atom is 0.248 e. The van der Waals surface area contributed by atoms with E-state index in [9.17, 15) is 9.59 Å². The number of nitrogens with one attached hydrogen (secondary N) is 1. The number of hydrogen-bond donors (Lipinski definition) is 1. The van der Waals surface area contributed by atoms with Gasteiger partial charge in [0.05, 0.1) is 6.10 Å². The van der Waals surface area contributed by atoms with Crippen molar-refractivity contribution in [1.82, 2.24) is 10.2 Å². The molecule has 1 N–H and O–H groups in total. The molecule has 2 saturated heterocycles. The predicted octanol–water partition coefficient (Wildman–Crippen LogP) is 1.07. The minimum atomic E-state index is -0.806. The molecule has 0 saturated carbocycles. The Morgan fingerprint density at radius 2 is 2.16 bits per heavy atom. The molecule has 0 aromatic rings. The lowest BCUT2D eigenvalue weighted by Crippen LogP contribution is -2.68. The van der Waals surface area contributed by atoms with Gasteiger partial charge in [-0.25, -0.2) is 0 Å². The molecule has 2 rings (SSSR count). The monoisotopic (exact) mass is 268 g/mol. The van der Waals surface area contributed by atoms with Crippen molar-refractivity contribution in [2.24, 2.45) is 0 Å². The van der Waals surface area contributed by atoms with E-state index in [2.05, 4.69) is 5.32 Å². The van der Waals surface area contributed by atoms with Gasteiger partial charge in [-0.05, 0) is 33.1 Å². The highest BCUT2D eigenvalue weighted by atomic mass is 16.5. The molecule has 0 spiro atoms. The fraction of sp³-hybridized carbons (Fsp3) is 0.857. The second-order valence-corrected chi connectivity index (χ2v) is 6.01. The Bertz CT molecular complexity index is 362. The van der Waals surface area contributed by atoms with Gasteiger partial charge in [-0.15, -0.1) is 0 Å². The van der Waals surface area contributed by atoms with Gasteiger partial charge in [0.2, 0.25) is 11.8 Å². The Balaban J connectivity index is 2.15. The number of carbonyl (C=O) groups is 2. The molecule has 2 aliphatic heterocycles. The minimum Gasteiger partial charge on any atom is -0.376 e. The van der Waals surface area contributed by atoms with Crippen LogP contribution in [0.15, 0.2) is 0 Å². The lowest BCUT2D eigenvalue weighted by molar-refractivity contribution is -0.155. The van der Waals surface area contributed by atoms with Gasteiger partial charge in [-0.2, -0.15) is 0 Å². The van der Waals surface area contributed by atoms with Crippen LogP contribution in [0, 0.1) is 0 Å². The molecule has 0 bridgehead atoms. The van der Waals surface area contributed by atoms with Gasteiger partial charge in [0, 0.05) is 13.2 Å². The lowest BCUT2D eigenvalue weighted by Gasteiger charge is -2.43. The van der Waals surface area contributed by atoms with Crippen LogP contribution in [-0.2, 0) is 14.3 Å². The summed E-state index contributed by atoms with van der Waals surface area (Å²) in [7, 11) is 0. The number of nitrogens with zero attached hydrogens (tertiary/aromatic N) is 1. The fourth-order valence-electron chi connectivity index (χ4n) is 2.87. The number of rotatable bonds is 4. The topological polar surface area (TPSA) is 58.6 Å². The standard InChI is InChI=1S/C14H24N2O3/c1-4-6-11-12(17)15-14(2,3)13(18)16(11)9-10-7-5-8-19-10/h10-11H,4-9H2,1-3H3,(H,15,17). The van der Waals surface area contributed by atoms with Gasteiger partial charge < -0.3 is 15.0 Å². The summed E-state index contributed by atoms with van der Waals surface area (Å²) in [5.74, 6) is -0.0366. The van der Waals surface area contributed by atoms with E-state index in [0.717, 1.165) is 25.9 Å². The zero-order valence-electron chi connectivity index (χ0n) is 12.1. The lowest BCUT2D eigenvalue weighted by atomic mass is 9.94. The summed E-state index contributed by atoms with van der Waals surface area (Å²) in [5.41, 5.74) is -0.806. The van der Waals surface area contributed by atoms with E-state index in [4.69, 9.17) is 4.74 Å². The number of hydrogen-bond acceptors (Lipinski definition) is 3. The minimum absolute atomic E-state index is 0.000972. The van der Waals surface area contributed by atoms with Crippen molar-refractivity contribution in [2.45, 2.75) is 64.1 Å². The highest BCUT2D eigenvalue weighted by molar-refractivity contribution is 5.99. The molecule has 2 atom stereocenters. The van der Waals surface area contributed by atoms with Crippen molar-refractivity contribution >= 4 is 11.8 Å². The first-order valence-corrected chi connectivity index (χ1v) is 7.20. The van der Waals surface area contributed by atoms with Gasteiger partial charge >= 0.3 is 0 Å². The molecule has 0 aromatic carbocycles. The molecule has 5 heteroatoms. The number of piperazine rings is 1. The van der Waals surface area contributed by atoms with E-state index in [-0.39, 0.29) is 24.0 Å². The van der Waals surface area contributed by atoms with Crippen LogP contribution in [0.3, 0.4) is 0 Å². The molecule has 0 aromatic heterocycles. The second-order valence-electron chi connectivity index (χ2n) is 6.01. The molecular weight excluding hydrogens is 244 g/mol. The summed E-state index contributed by atoms with van der Waals surface area (Å²) in [6.07, 6.45) is 3.70. The normalized spacial score (nSPS) is 30.6. The van der Waals surface area contributed by atoms with Gasteiger partial charge in [-0.1, -0.05) is 13.3 Å². The summed E-state index contributed by atoms with van der Waals surface area (Å²) < 4.78 is 5.61. The largest absolute Gasteiger partial charge is 0.376 e. The van der Waals surface area contributed by atoms with Crippen LogP contribution >= 0.6 is 0 Å².